The number of ether oxygens (including phenoxy) is 2. The summed E-state index contributed by atoms with van der Waals surface area (Å²) in [4.78, 5) is 16.5. The van der Waals surface area contributed by atoms with Crippen molar-refractivity contribution in [3.05, 3.63) is 35.9 Å². The van der Waals surface area contributed by atoms with Crippen LogP contribution in [0.3, 0.4) is 0 Å². The molecule has 30 heavy (non-hydrogen) atoms. The number of nitrogens with zero attached hydrogens (tertiary/aromatic N) is 4. The van der Waals surface area contributed by atoms with Crippen LogP contribution in [0.4, 0.5) is 11.8 Å². The third kappa shape index (κ3) is 3.88. The summed E-state index contributed by atoms with van der Waals surface area (Å²) in [5.41, 5.74) is 3.03. The molecule has 2 N–H and O–H groups in total. The summed E-state index contributed by atoms with van der Waals surface area (Å²) in [6.45, 7) is 6.89. The van der Waals surface area contributed by atoms with Gasteiger partial charge in [-0.1, -0.05) is 0 Å². The molecule has 4 rings (SSSR count). The van der Waals surface area contributed by atoms with Gasteiger partial charge in [-0.25, -0.2) is 4.98 Å². The van der Waals surface area contributed by atoms with E-state index < -0.39 is 0 Å². The molecule has 1 atom stereocenters. The minimum atomic E-state index is -0.101. The van der Waals surface area contributed by atoms with E-state index in [4.69, 9.17) is 19.4 Å². The number of hydrogen-bond donors (Lipinski definition) is 2. The van der Waals surface area contributed by atoms with Crippen LogP contribution in [0.1, 0.15) is 19.4 Å². The number of methoxy groups -OCH3 is 1. The summed E-state index contributed by atoms with van der Waals surface area (Å²) < 4.78 is 10.9. The zero-order valence-corrected chi connectivity index (χ0v) is 17.6. The van der Waals surface area contributed by atoms with Crippen LogP contribution in [0.25, 0.3) is 22.3 Å². The molecule has 158 valence electrons. The number of pyridine rings is 1. The SMILES string of the molecule is CCNc1nc(N2CCOC[C@@H]2C)c2ccc(-c3ccc(OC)c(CO)c3)nc2n1. The molecule has 8 nitrogen and oxygen atoms in total. The lowest BCUT2D eigenvalue weighted by atomic mass is 10.1. The van der Waals surface area contributed by atoms with E-state index in [0.29, 0.717) is 30.6 Å². The highest BCUT2D eigenvalue weighted by atomic mass is 16.5. The van der Waals surface area contributed by atoms with Crippen LogP contribution in [0.15, 0.2) is 30.3 Å². The number of morpholine rings is 1. The second-order valence-electron chi connectivity index (χ2n) is 7.27. The van der Waals surface area contributed by atoms with Crippen LogP contribution in [0.5, 0.6) is 5.75 Å². The van der Waals surface area contributed by atoms with Crippen molar-refractivity contribution in [3.8, 4) is 17.0 Å². The predicted molar refractivity (Wildman–Crippen MR) is 117 cm³/mol. The molecule has 1 aromatic carbocycles. The first-order valence-electron chi connectivity index (χ1n) is 10.2. The number of aliphatic hydroxyl groups excluding tert-OH is 1. The van der Waals surface area contributed by atoms with E-state index >= 15 is 0 Å². The first-order chi connectivity index (χ1) is 14.6. The number of benzene rings is 1. The van der Waals surface area contributed by atoms with Crippen LogP contribution < -0.4 is 15.0 Å². The van der Waals surface area contributed by atoms with Gasteiger partial charge < -0.3 is 24.8 Å². The fourth-order valence-corrected chi connectivity index (χ4v) is 3.71. The minimum Gasteiger partial charge on any atom is -0.496 e. The first kappa shape index (κ1) is 20.3. The van der Waals surface area contributed by atoms with Gasteiger partial charge in [-0.15, -0.1) is 0 Å². The number of rotatable bonds is 6. The lowest BCUT2D eigenvalue weighted by molar-refractivity contribution is 0.0987. The molecular formula is C22H27N5O3. The van der Waals surface area contributed by atoms with Gasteiger partial charge in [0, 0.05) is 24.2 Å². The highest BCUT2D eigenvalue weighted by molar-refractivity contribution is 5.90. The molecule has 0 saturated carbocycles. The van der Waals surface area contributed by atoms with Crippen LogP contribution in [-0.4, -0.2) is 59.5 Å². The van der Waals surface area contributed by atoms with E-state index in [9.17, 15) is 5.11 Å². The van der Waals surface area contributed by atoms with Gasteiger partial charge in [0.25, 0.3) is 0 Å². The van der Waals surface area contributed by atoms with Crippen LogP contribution in [0, 0.1) is 0 Å². The largest absolute Gasteiger partial charge is 0.496 e. The van der Waals surface area contributed by atoms with Gasteiger partial charge in [0.15, 0.2) is 5.65 Å². The van der Waals surface area contributed by atoms with E-state index in [0.717, 1.165) is 41.1 Å². The number of nitrogens with one attached hydrogen (secondary N) is 1. The van der Waals surface area contributed by atoms with E-state index in [1.165, 1.54) is 0 Å². The smallest absolute Gasteiger partial charge is 0.226 e. The molecule has 3 heterocycles. The first-order valence-corrected chi connectivity index (χ1v) is 10.2. The van der Waals surface area contributed by atoms with Gasteiger partial charge in [-0.05, 0) is 44.2 Å². The minimum absolute atomic E-state index is 0.101. The fourth-order valence-electron chi connectivity index (χ4n) is 3.71. The Morgan fingerprint density at radius 1 is 1.23 bits per heavy atom. The molecule has 0 aliphatic carbocycles. The standard InChI is InChI=1S/C22H27N5O3/c1-4-23-22-25-20-17(21(26-22)27-9-10-30-13-14(27)2)6-7-18(24-20)15-5-8-19(29-3)16(11-15)12-28/h5-8,11,14,28H,4,9-10,12-13H2,1-3H3,(H,23,24,25,26)/t14-/m0/s1. The number of aromatic nitrogens is 3. The van der Waals surface area contributed by atoms with E-state index in [1.807, 2.05) is 37.3 Å². The maximum atomic E-state index is 9.65. The highest BCUT2D eigenvalue weighted by Crippen LogP contribution is 2.31. The zero-order valence-electron chi connectivity index (χ0n) is 17.6. The van der Waals surface area contributed by atoms with Crippen molar-refractivity contribution in [2.24, 2.45) is 0 Å². The molecule has 0 radical (unpaired) electrons. The number of anilines is 2. The molecule has 1 aliphatic rings. The van der Waals surface area contributed by atoms with Gasteiger partial charge in [0.05, 0.1) is 44.1 Å². The summed E-state index contributed by atoms with van der Waals surface area (Å²) in [6.07, 6.45) is 0. The Kier molecular flexibility index (Phi) is 5.96. The van der Waals surface area contributed by atoms with Crippen LogP contribution >= 0.6 is 0 Å². The zero-order chi connectivity index (χ0) is 21.1. The Hall–Kier alpha value is -2.97. The molecule has 1 saturated heterocycles. The summed E-state index contributed by atoms with van der Waals surface area (Å²) >= 11 is 0. The average Bonchev–Trinajstić information content (AvgIpc) is 2.78. The lowest BCUT2D eigenvalue weighted by Crippen LogP contribution is -2.44. The van der Waals surface area contributed by atoms with Crippen LogP contribution in [0.2, 0.25) is 0 Å². The molecule has 0 bridgehead atoms. The maximum Gasteiger partial charge on any atom is 0.226 e. The molecular weight excluding hydrogens is 382 g/mol. The fraction of sp³-hybridized carbons (Fsp3) is 0.409. The Labute approximate surface area is 175 Å². The van der Waals surface area contributed by atoms with Crippen molar-refractivity contribution in [3.63, 3.8) is 0 Å². The quantitative estimate of drug-likeness (QED) is 0.642. The average molecular weight is 409 g/mol. The van der Waals surface area contributed by atoms with E-state index in [-0.39, 0.29) is 12.6 Å². The third-order valence-corrected chi connectivity index (χ3v) is 5.26. The molecule has 8 heteroatoms. The molecule has 0 amide bonds. The van der Waals surface area contributed by atoms with Gasteiger partial charge in [0.1, 0.15) is 11.6 Å². The number of fused-ring (bicyclic) bond motifs is 1. The molecule has 2 aromatic heterocycles. The normalized spacial score (nSPS) is 16.7. The van der Waals surface area contributed by atoms with Gasteiger partial charge in [0.2, 0.25) is 5.95 Å². The third-order valence-electron chi connectivity index (χ3n) is 5.26. The van der Waals surface area contributed by atoms with Crippen molar-refractivity contribution < 1.29 is 14.6 Å². The van der Waals surface area contributed by atoms with Crippen molar-refractivity contribution in [1.29, 1.82) is 0 Å². The monoisotopic (exact) mass is 409 g/mol. The van der Waals surface area contributed by atoms with Crippen LogP contribution in [-0.2, 0) is 11.3 Å². The van der Waals surface area contributed by atoms with Gasteiger partial charge >= 0.3 is 0 Å². The Morgan fingerprint density at radius 3 is 2.83 bits per heavy atom. The number of hydrogen-bond acceptors (Lipinski definition) is 8. The van der Waals surface area contributed by atoms with Crippen molar-refractivity contribution >= 4 is 22.8 Å². The Bertz CT molecular complexity index is 1040. The maximum absolute atomic E-state index is 9.65. The van der Waals surface area contributed by atoms with E-state index in [2.05, 4.69) is 22.1 Å². The topological polar surface area (TPSA) is 92.6 Å². The van der Waals surface area contributed by atoms with E-state index in [1.54, 1.807) is 7.11 Å². The Balaban J connectivity index is 1.82. The van der Waals surface area contributed by atoms with Crippen molar-refractivity contribution in [1.82, 2.24) is 15.0 Å². The molecule has 0 unspecified atom stereocenters. The summed E-state index contributed by atoms with van der Waals surface area (Å²) in [7, 11) is 1.59. The second-order valence-corrected chi connectivity index (χ2v) is 7.27. The summed E-state index contributed by atoms with van der Waals surface area (Å²) in [5.74, 6) is 2.09. The summed E-state index contributed by atoms with van der Waals surface area (Å²) in [5, 5.41) is 13.8. The Morgan fingerprint density at radius 2 is 2.10 bits per heavy atom. The second kappa shape index (κ2) is 8.81. The molecule has 1 fully saturated rings. The predicted octanol–water partition coefficient (Wildman–Crippen LogP) is 2.85. The van der Waals surface area contributed by atoms with Crippen molar-refractivity contribution in [2.45, 2.75) is 26.5 Å². The van der Waals surface area contributed by atoms with Gasteiger partial charge in [-0.2, -0.15) is 9.97 Å². The molecule has 1 aliphatic heterocycles. The van der Waals surface area contributed by atoms with Gasteiger partial charge in [-0.3, -0.25) is 0 Å². The molecule has 3 aromatic rings. The van der Waals surface area contributed by atoms with Crippen molar-refractivity contribution in [2.75, 3.05) is 43.6 Å². The highest BCUT2D eigenvalue weighted by Gasteiger charge is 2.23. The number of aliphatic hydroxyl groups is 1. The lowest BCUT2D eigenvalue weighted by Gasteiger charge is -2.34. The summed E-state index contributed by atoms with van der Waals surface area (Å²) in [6, 6.07) is 9.88. The molecule has 0 spiro atoms.